The number of hydrogen-bond donors (Lipinski definition) is 1. The number of rotatable bonds is 4. The number of amides is 1. The molecule has 4 nitrogen and oxygen atoms in total. The van der Waals surface area contributed by atoms with Gasteiger partial charge in [-0.2, -0.15) is 0 Å². The van der Waals surface area contributed by atoms with Crippen molar-refractivity contribution in [3.63, 3.8) is 0 Å². The van der Waals surface area contributed by atoms with Crippen LogP contribution >= 0.6 is 0 Å². The highest BCUT2D eigenvalue weighted by Crippen LogP contribution is 2.33. The van der Waals surface area contributed by atoms with Crippen LogP contribution in [-0.2, 0) is 4.79 Å². The lowest BCUT2D eigenvalue weighted by atomic mass is 10.0. The number of hydrogen-bond acceptors (Lipinski definition) is 3. The summed E-state index contributed by atoms with van der Waals surface area (Å²) in [6, 6.07) is 7.70. The van der Waals surface area contributed by atoms with Crippen LogP contribution in [0.15, 0.2) is 24.3 Å². The molecule has 1 aliphatic heterocycles. The average molecular weight is 262 g/mol. The Morgan fingerprint density at radius 2 is 2.37 bits per heavy atom. The molecule has 104 valence electrons. The van der Waals surface area contributed by atoms with E-state index in [0.29, 0.717) is 6.42 Å². The zero-order chi connectivity index (χ0) is 13.8. The summed E-state index contributed by atoms with van der Waals surface area (Å²) >= 11 is 0. The molecule has 1 fully saturated rings. The molecule has 2 unspecified atom stereocenters. The molecule has 2 N–H and O–H groups in total. The topological polar surface area (TPSA) is 55.6 Å². The predicted molar refractivity (Wildman–Crippen MR) is 74.9 cm³/mol. The van der Waals surface area contributed by atoms with Gasteiger partial charge in [0.2, 0.25) is 5.91 Å². The summed E-state index contributed by atoms with van der Waals surface area (Å²) < 4.78 is 5.25. The van der Waals surface area contributed by atoms with Crippen LogP contribution in [0.5, 0.6) is 5.75 Å². The molecule has 0 spiro atoms. The smallest absolute Gasteiger partial charge is 0.239 e. The summed E-state index contributed by atoms with van der Waals surface area (Å²) in [6.45, 7) is 2.74. The molecule has 0 radical (unpaired) electrons. The Kier molecular flexibility index (Phi) is 4.43. The Hall–Kier alpha value is -1.55. The Morgan fingerprint density at radius 3 is 3.05 bits per heavy atom. The second kappa shape index (κ2) is 6.06. The third kappa shape index (κ3) is 2.89. The third-order valence-corrected chi connectivity index (χ3v) is 3.77. The molecule has 1 aromatic carbocycles. The standard InChI is InChI=1S/C15H22N2O2/c1-3-13(16)15(18)17-9-5-8-14(17)11-6-4-7-12(10-11)19-2/h4,6-7,10,13-14H,3,5,8-9,16H2,1-2H3. The molecular weight excluding hydrogens is 240 g/mol. The zero-order valence-corrected chi connectivity index (χ0v) is 11.6. The van der Waals surface area contributed by atoms with Gasteiger partial charge in [-0.1, -0.05) is 19.1 Å². The molecule has 0 aromatic heterocycles. The Morgan fingerprint density at radius 1 is 1.58 bits per heavy atom. The number of carbonyl (C=O) groups is 1. The van der Waals surface area contributed by atoms with Gasteiger partial charge in [-0.25, -0.2) is 0 Å². The molecule has 1 aliphatic rings. The van der Waals surface area contributed by atoms with E-state index in [9.17, 15) is 4.79 Å². The minimum absolute atomic E-state index is 0.0628. The van der Waals surface area contributed by atoms with Crippen molar-refractivity contribution in [3.05, 3.63) is 29.8 Å². The first kappa shape index (κ1) is 13.9. The molecule has 0 saturated carbocycles. The van der Waals surface area contributed by atoms with Crippen molar-refractivity contribution in [2.24, 2.45) is 5.73 Å². The number of methoxy groups -OCH3 is 1. The first-order chi connectivity index (χ1) is 9.17. The van der Waals surface area contributed by atoms with Crippen molar-refractivity contribution >= 4 is 5.91 Å². The highest BCUT2D eigenvalue weighted by atomic mass is 16.5. The molecule has 1 saturated heterocycles. The number of carbonyl (C=O) groups excluding carboxylic acids is 1. The molecule has 0 bridgehead atoms. The maximum Gasteiger partial charge on any atom is 0.239 e. The maximum absolute atomic E-state index is 12.3. The van der Waals surface area contributed by atoms with Gasteiger partial charge in [-0.15, -0.1) is 0 Å². The summed E-state index contributed by atoms with van der Waals surface area (Å²) in [5.74, 6) is 0.893. The van der Waals surface area contributed by atoms with Gasteiger partial charge >= 0.3 is 0 Å². The number of ether oxygens (including phenoxy) is 1. The van der Waals surface area contributed by atoms with E-state index in [1.54, 1.807) is 7.11 Å². The molecule has 0 aliphatic carbocycles. The molecule has 4 heteroatoms. The van der Waals surface area contributed by atoms with Crippen LogP contribution in [-0.4, -0.2) is 30.5 Å². The lowest BCUT2D eigenvalue weighted by molar-refractivity contribution is -0.133. The lowest BCUT2D eigenvalue weighted by Gasteiger charge is -2.27. The fourth-order valence-corrected chi connectivity index (χ4v) is 2.61. The zero-order valence-electron chi connectivity index (χ0n) is 11.6. The summed E-state index contributed by atoms with van der Waals surface area (Å²) in [5.41, 5.74) is 7.01. The first-order valence-corrected chi connectivity index (χ1v) is 6.87. The van der Waals surface area contributed by atoms with E-state index in [1.807, 2.05) is 30.0 Å². The highest BCUT2D eigenvalue weighted by molar-refractivity contribution is 5.82. The van der Waals surface area contributed by atoms with Gasteiger partial charge in [0.25, 0.3) is 0 Å². The Labute approximate surface area is 114 Å². The summed E-state index contributed by atoms with van der Waals surface area (Å²) in [7, 11) is 1.66. The second-order valence-electron chi connectivity index (χ2n) is 4.98. The van der Waals surface area contributed by atoms with Crippen molar-refractivity contribution < 1.29 is 9.53 Å². The lowest BCUT2D eigenvalue weighted by Crippen LogP contribution is -2.43. The van der Waals surface area contributed by atoms with E-state index in [0.717, 1.165) is 30.7 Å². The number of nitrogens with two attached hydrogens (primary N) is 1. The van der Waals surface area contributed by atoms with Crippen molar-refractivity contribution in [3.8, 4) is 5.75 Å². The van der Waals surface area contributed by atoms with Crippen molar-refractivity contribution in [2.45, 2.75) is 38.3 Å². The monoisotopic (exact) mass is 262 g/mol. The van der Waals surface area contributed by atoms with Gasteiger partial charge in [0.1, 0.15) is 5.75 Å². The number of nitrogens with zero attached hydrogens (tertiary/aromatic N) is 1. The summed E-state index contributed by atoms with van der Waals surface area (Å²) in [5, 5.41) is 0. The number of likely N-dealkylation sites (tertiary alicyclic amines) is 1. The van der Waals surface area contributed by atoms with Gasteiger partial charge < -0.3 is 15.4 Å². The van der Waals surface area contributed by atoms with Gasteiger partial charge in [-0.3, -0.25) is 4.79 Å². The van der Waals surface area contributed by atoms with Gasteiger partial charge in [0.15, 0.2) is 0 Å². The average Bonchev–Trinajstić information content (AvgIpc) is 2.95. The van der Waals surface area contributed by atoms with Crippen LogP contribution in [0.1, 0.15) is 37.8 Å². The fourth-order valence-electron chi connectivity index (χ4n) is 2.61. The van der Waals surface area contributed by atoms with Crippen LogP contribution in [0.2, 0.25) is 0 Å². The van der Waals surface area contributed by atoms with Crippen molar-refractivity contribution in [1.29, 1.82) is 0 Å². The molecule has 1 aromatic rings. The molecular formula is C15H22N2O2. The Balaban J connectivity index is 2.20. The normalized spacial score (nSPS) is 20.4. The molecule has 1 heterocycles. The molecule has 1 amide bonds. The molecule has 2 rings (SSSR count). The first-order valence-electron chi connectivity index (χ1n) is 6.87. The predicted octanol–water partition coefficient (Wildman–Crippen LogP) is 2.10. The highest BCUT2D eigenvalue weighted by Gasteiger charge is 2.32. The minimum atomic E-state index is -0.383. The van der Waals surface area contributed by atoms with E-state index in [4.69, 9.17) is 10.5 Å². The van der Waals surface area contributed by atoms with Crippen LogP contribution in [0.25, 0.3) is 0 Å². The van der Waals surface area contributed by atoms with Gasteiger partial charge in [0.05, 0.1) is 19.2 Å². The van der Waals surface area contributed by atoms with Gasteiger partial charge in [-0.05, 0) is 37.0 Å². The number of benzene rings is 1. The second-order valence-corrected chi connectivity index (χ2v) is 4.98. The van der Waals surface area contributed by atoms with Gasteiger partial charge in [0, 0.05) is 6.54 Å². The van der Waals surface area contributed by atoms with Crippen LogP contribution in [0, 0.1) is 0 Å². The van der Waals surface area contributed by atoms with Crippen molar-refractivity contribution in [1.82, 2.24) is 4.90 Å². The Bertz CT molecular complexity index is 448. The van der Waals surface area contributed by atoms with E-state index in [2.05, 4.69) is 6.07 Å². The summed E-state index contributed by atoms with van der Waals surface area (Å²) in [4.78, 5) is 14.2. The largest absolute Gasteiger partial charge is 0.497 e. The fraction of sp³-hybridized carbons (Fsp3) is 0.533. The van der Waals surface area contributed by atoms with E-state index >= 15 is 0 Å². The van der Waals surface area contributed by atoms with E-state index < -0.39 is 0 Å². The van der Waals surface area contributed by atoms with Crippen LogP contribution in [0.4, 0.5) is 0 Å². The van der Waals surface area contributed by atoms with E-state index in [1.165, 1.54) is 0 Å². The van der Waals surface area contributed by atoms with Crippen molar-refractivity contribution in [2.75, 3.05) is 13.7 Å². The quantitative estimate of drug-likeness (QED) is 0.904. The van der Waals surface area contributed by atoms with E-state index in [-0.39, 0.29) is 18.0 Å². The summed E-state index contributed by atoms with van der Waals surface area (Å²) in [6.07, 6.45) is 2.71. The maximum atomic E-state index is 12.3. The SMILES string of the molecule is CCC(N)C(=O)N1CCCC1c1cccc(OC)c1. The minimum Gasteiger partial charge on any atom is -0.497 e. The van der Waals surface area contributed by atoms with Crippen LogP contribution < -0.4 is 10.5 Å². The third-order valence-electron chi connectivity index (χ3n) is 3.77. The molecule has 19 heavy (non-hydrogen) atoms. The molecule has 2 atom stereocenters. The van der Waals surface area contributed by atoms with Crippen LogP contribution in [0.3, 0.4) is 0 Å².